The second-order valence-electron chi connectivity index (χ2n) is 3.51. The average molecular weight is 193 g/mol. The van der Waals surface area contributed by atoms with Crippen LogP contribution >= 0.6 is 0 Å². The van der Waals surface area contributed by atoms with Crippen LogP contribution in [0.4, 0.5) is 0 Å². The summed E-state index contributed by atoms with van der Waals surface area (Å²) in [4.78, 5) is 10.7. The van der Waals surface area contributed by atoms with Gasteiger partial charge in [0.2, 0.25) is 0 Å². The topological polar surface area (TPSA) is 63.3 Å². The molecule has 0 saturated carbocycles. The molecule has 0 aliphatic rings. The molecule has 0 heterocycles. The van der Waals surface area contributed by atoms with E-state index in [0.29, 0.717) is 0 Å². The van der Waals surface area contributed by atoms with Gasteiger partial charge in [-0.05, 0) is 18.1 Å². The molecule has 1 rings (SSSR count). The zero-order valence-electron chi connectivity index (χ0n) is 8.40. The Morgan fingerprint density at radius 3 is 2.50 bits per heavy atom. The van der Waals surface area contributed by atoms with Crippen LogP contribution in [-0.2, 0) is 4.79 Å². The summed E-state index contributed by atoms with van der Waals surface area (Å²) in [5.74, 6) is -1.42. The monoisotopic (exact) mass is 193 g/mol. The molecule has 0 bridgehead atoms. The Balaban J connectivity index is 2.94. The van der Waals surface area contributed by atoms with E-state index in [-0.39, 0.29) is 0 Å². The maximum atomic E-state index is 10.7. The molecule has 3 heteroatoms. The molecule has 3 nitrogen and oxygen atoms in total. The molecule has 0 spiro atoms. The molecule has 0 radical (unpaired) electrons. The van der Waals surface area contributed by atoms with Crippen LogP contribution in [0, 0.1) is 12.8 Å². The number of benzene rings is 1. The predicted molar refractivity (Wildman–Crippen MR) is 54.9 cm³/mol. The fourth-order valence-corrected chi connectivity index (χ4v) is 1.38. The number of carboxylic acid groups (broad SMARTS) is 1. The zero-order chi connectivity index (χ0) is 10.7. The van der Waals surface area contributed by atoms with Crippen LogP contribution < -0.4 is 5.73 Å². The molecule has 76 valence electrons. The highest BCUT2D eigenvalue weighted by Gasteiger charge is 2.22. The van der Waals surface area contributed by atoms with Crippen molar-refractivity contribution in [3.63, 3.8) is 0 Å². The Hall–Kier alpha value is -1.35. The summed E-state index contributed by atoms with van der Waals surface area (Å²) in [5, 5.41) is 8.82. The van der Waals surface area contributed by atoms with E-state index in [2.05, 4.69) is 0 Å². The SMILES string of the molecule is Cc1ccccc1C(N)C(C)C(=O)O. The number of carboxylic acids is 1. The van der Waals surface area contributed by atoms with Gasteiger partial charge >= 0.3 is 5.97 Å². The number of hydrogen-bond acceptors (Lipinski definition) is 2. The number of hydrogen-bond donors (Lipinski definition) is 2. The van der Waals surface area contributed by atoms with Gasteiger partial charge in [0.15, 0.2) is 0 Å². The standard InChI is InChI=1S/C11H15NO2/c1-7-5-3-4-6-9(7)10(12)8(2)11(13)14/h3-6,8,10H,12H2,1-2H3,(H,13,14). The largest absolute Gasteiger partial charge is 0.481 e. The third kappa shape index (κ3) is 2.12. The summed E-state index contributed by atoms with van der Waals surface area (Å²) < 4.78 is 0. The quantitative estimate of drug-likeness (QED) is 0.768. The second-order valence-corrected chi connectivity index (χ2v) is 3.51. The van der Waals surface area contributed by atoms with Gasteiger partial charge in [-0.3, -0.25) is 4.79 Å². The van der Waals surface area contributed by atoms with Gasteiger partial charge in [-0.1, -0.05) is 31.2 Å². The fourth-order valence-electron chi connectivity index (χ4n) is 1.38. The number of aryl methyl sites for hydroxylation is 1. The van der Waals surface area contributed by atoms with Crippen LogP contribution in [0.5, 0.6) is 0 Å². The first kappa shape index (κ1) is 10.7. The Labute approximate surface area is 83.6 Å². The van der Waals surface area contributed by atoms with Crippen LogP contribution in [0.3, 0.4) is 0 Å². The van der Waals surface area contributed by atoms with Gasteiger partial charge in [0, 0.05) is 6.04 Å². The number of rotatable bonds is 3. The highest BCUT2D eigenvalue weighted by atomic mass is 16.4. The minimum absolute atomic E-state index is 0.436. The van der Waals surface area contributed by atoms with E-state index < -0.39 is 17.9 Å². The van der Waals surface area contributed by atoms with Gasteiger partial charge in [0.05, 0.1) is 5.92 Å². The van der Waals surface area contributed by atoms with Crippen LogP contribution in [0.2, 0.25) is 0 Å². The molecule has 1 aromatic rings. The van der Waals surface area contributed by atoms with Gasteiger partial charge in [-0.2, -0.15) is 0 Å². The van der Waals surface area contributed by atoms with Gasteiger partial charge in [0.25, 0.3) is 0 Å². The van der Waals surface area contributed by atoms with Gasteiger partial charge < -0.3 is 10.8 Å². The lowest BCUT2D eigenvalue weighted by Gasteiger charge is -2.18. The Morgan fingerprint density at radius 1 is 1.43 bits per heavy atom. The lowest BCUT2D eigenvalue weighted by Crippen LogP contribution is -2.26. The molecule has 0 amide bonds. The van der Waals surface area contributed by atoms with E-state index >= 15 is 0 Å². The summed E-state index contributed by atoms with van der Waals surface area (Å²) in [6, 6.07) is 7.16. The van der Waals surface area contributed by atoms with Crippen molar-refractivity contribution in [1.82, 2.24) is 0 Å². The molecule has 0 fully saturated rings. The maximum Gasteiger partial charge on any atom is 0.308 e. The number of nitrogens with two attached hydrogens (primary N) is 1. The minimum atomic E-state index is -0.860. The van der Waals surface area contributed by atoms with Crippen molar-refractivity contribution in [3.8, 4) is 0 Å². The predicted octanol–water partition coefficient (Wildman–Crippen LogP) is 1.72. The van der Waals surface area contributed by atoms with E-state index in [1.165, 1.54) is 0 Å². The number of aliphatic carboxylic acids is 1. The van der Waals surface area contributed by atoms with Crippen LogP contribution in [0.25, 0.3) is 0 Å². The number of carbonyl (C=O) groups is 1. The van der Waals surface area contributed by atoms with E-state index in [1.54, 1.807) is 6.92 Å². The van der Waals surface area contributed by atoms with Crippen molar-refractivity contribution >= 4 is 5.97 Å². The average Bonchev–Trinajstić information content (AvgIpc) is 2.16. The molecule has 0 saturated heterocycles. The smallest absolute Gasteiger partial charge is 0.308 e. The van der Waals surface area contributed by atoms with Crippen molar-refractivity contribution in [2.75, 3.05) is 0 Å². The second kappa shape index (κ2) is 4.24. The lowest BCUT2D eigenvalue weighted by atomic mass is 9.92. The first-order valence-corrected chi connectivity index (χ1v) is 4.58. The van der Waals surface area contributed by atoms with Crippen LogP contribution in [0.1, 0.15) is 24.1 Å². The molecule has 2 unspecified atom stereocenters. The van der Waals surface area contributed by atoms with Crippen LogP contribution in [0.15, 0.2) is 24.3 Å². The van der Waals surface area contributed by atoms with Gasteiger partial charge in [-0.25, -0.2) is 0 Å². The van der Waals surface area contributed by atoms with Gasteiger partial charge in [-0.15, -0.1) is 0 Å². The van der Waals surface area contributed by atoms with Crippen molar-refractivity contribution in [2.24, 2.45) is 11.7 Å². The molecule has 0 aromatic heterocycles. The Bertz CT molecular complexity index is 336. The van der Waals surface area contributed by atoms with Crippen molar-refractivity contribution < 1.29 is 9.90 Å². The van der Waals surface area contributed by atoms with E-state index in [4.69, 9.17) is 10.8 Å². The summed E-state index contributed by atoms with van der Waals surface area (Å²) >= 11 is 0. The highest BCUT2D eigenvalue weighted by Crippen LogP contribution is 2.22. The maximum absolute atomic E-state index is 10.7. The summed E-state index contributed by atoms with van der Waals surface area (Å²) in [7, 11) is 0. The summed E-state index contributed by atoms with van der Waals surface area (Å²) in [5.41, 5.74) is 7.80. The normalized spacial score (nSPS) is 14.8. The molecule has 0 aliphatic carbocycles. The molecule has 2 atom stereocenters. The van der Waals surface area contributed by atoms with Crippen LogP contribution in [-0.4, -0.2) is 11.1 Å². The van der Waals surface area contributed by atoms with Crippen molar-refractivity contribution in [1.29, 1.82) is 0 Å². The highest BCUT2D eigenvalue weighted by molar-refractivity contribution is 5.70. The molecule has 3 N–H and O–H groups in total. The third-order valence-electron chi connectivity index (χ3n) is 2.48. The fraction of sp³-hybridized carbons (Fsp3) is 0.364. The first-order valence-electron chi connectivity index (χ1n) is 4.58. The molecule has 1 aromatic carbocycles. The van der Waals surface area contributed by atoms with Gasteiger partial charge in [0.1, 0.15) is 0 Å². The van der Waals surface area contributed by atoms with Crippen molar-refractivity contribution in [3.05, 3.63) is 35.4 Å². The summed E-state index contributed by atoms with van der Waals surface area (Å²) in [6.45, 7) is 3.56. The van der Waals surface area contributed by atoms with E-state index in [1.807, 2.05) is 31.2 Å². The Morgan fingerprint density at radius 2 is 2.00 bits per heavy atom. The lowest BCUT2D eigenvalue weighted by molar-refractivity contribution is -0.141. The molecular formula is C11H15NO2. The molecular weight excluding hydrogens is 178 g/mol. The molecule has 14 heavy (non-hydrogen) atoms. The van der Waals surface area contributed by atoms with Crippen molar-refractivity contribution in [2.45, 2.75) is 19.9 Å². The summed E-state index contributed by atoms with van der Waals surface area (Å²) in [6.07, 6.45) is 0. The first-order chi connectivity index (χ1) is 6.54. The molecule has 0 aliphatic heterocycles. The van der Waals surface area contributed by atoms with E-state index in [0.717, 1.165) is 11.1 Å². The zero-order valence-corrected chi connectivity index (χ0v) is 8.40. The minimum Gasteiger partial charge on any atom is -0.481 e. The Kier molecular flexibility index (Phi) is 3.25. The third-order valence-corrected chi connectivity index (χ3v) is 2.48. The van der Waals surface area contributed by atoms with E-state index in [9.17, 15) is 4.79 Å².